The third kappa shape index (κ3) is 3.88. The molecule has 0 N–H and O–H groups in total. The molecule has 0 amide bonds. The van der Waals surface area contributed by atoms with Crippen LogP contribution >= 0.6 is 27.3 Å². The first-order chi connectivity index (χ1) is 11.5. The zero-order chi connectivity index (χ0) is 17.1. The van der Waals surface area contributed by atoms with Crippen molar-refractivity contribution in [2.24, 2.45) is 0 Å². The lowest BCUT2D eigenvalue weighted by Crippen LogP contribution is -2.06. The maximum absolute atomic E-state index is 13.7. The van der Waals surface area contributed by atoms with Crippen LogP contribution in [0.2, 0.25) is 0 Å². The summed E-state index contributed by atoms with van der Waals surface area (Å²) in [5.74, 6) is -0.984. The lowest BCUT2D eigenvalue weighted by Gasteiger charge is -2.05. The SMILES string of the molecule is Cc1ccc(-c2nc(C(=O)OCc3ccc(Br)cc3F)cs2)cc1. The molecule has 122 valence electrons. The van der Waals surface area contributed by atoms with E-state index in [2.05, 4.69) is 20.9 Å². The van der Waals surface area contributed by atoms with Crippen molar-refractivity contribution in [2.45, 2.75) is 13.5 Å². The molecule has 0 saturated heterocycles. The van der Waals surface area contributed by atoms with Gasteiger partial charge in [0.05, 0.1) is 0 Å². The second-order valence-electron chi connectivity index (χ2n) is 5.22. The third-order valence-corrected chi connectivity index (χ3v) is 4.77. The topological polar surface area (TPSA) is 39.2 Å². The van der Waals surface area contributed by atoms with Crippen molar-refractivity contribution < 1.29 is 13.9 Å². The Labute approximate surface area is 151 Å². The number of hydrogen-bond donors (Lipinski definition) is 0. The number of carbonyl (C=O) groups is 1. The Morgan fingerprint density at radius 3 is 2.71 bits per heavy atom. The molecule has 0 radical (unpaired) electrons. The van der Waals surface area contributed by atoms with E-state index in [1.165, 1.54) is 17.4 Å². The van der Waals surface area contributed by atoms with E-state index in [-0.39, 0.29) is 12.3 Å². The van der Waals surface area contributed by atoms with Crippen LogP contribution in [0, 0.1) is 12.7 Å². The molecule has 0 aliphatic heterocycles. The summed E-state index contributed by atoms with van der Waals surface area (Å²) < 4.78 is 19.5. The van der Waals surface area contributed by atoms with Crippen LogP contribution in [0.15, 0.2) is 52.3 Å². The van der Waals surface area contributed by atoms with Gasteiger partial charge >= 0.3 is 5.97 Å². The van der Waals surface area contributed by atoms with Crippen molar-refractivity contribution in [3.8, 4) is 10.6 Å². The van der Waals surface area contributed by atoms with E-state index in [0.29, 0.717) is 10.0 Å². The fourth-order valence-electron chi connectivity index (χ4n) is 2.05. The summed E-state index contributed by atoms with van der Waals surface area (Å²) in [7, 11) is 0. The lowest BCUT2D eigenvalue weighted by molar-refractivity contribution is 0.0463. The molecule has 0 spiro atoms. The Morgan fingerprint density at radius 1 is 1.25 bits per heavy atom. The number of halogens is 2. The van der Waals surface area contributed by atoms with E-state index < -0.39 is 11.8 Å². The van der Waals surface area contributed by atoms with Crippen molar-refractivity contribution in [1.29, 1.82) is 0 Å². The fraction of sp³-hybridized carbons (Fsp3) is 0.111. The van der Waals surface area contributed by atoms with E-state index in [1.54, 1.807) is 17.5 Å². The molecule has 0 unspecified atom stereocenters. The van der Waals surface area contributed by atoms with Crippen LogP contribution in [0.25, 0.3) is 10.6 Å². The summed E-state index contributed by atoms with van der Waals surface area (Å²) in [6.07, 6.45) is 0. The number of rotatable bonds is 4. The van der Waals surface area contributed by atoms with Crippen LogP contribution in [0.3, 0.4) is 0 Å². The predicted molar refractivity (Wildman–Crippen MR) is 95.5 cm³/mol. The fourth-order valence-corrected chi connectivity index (χ4v) is 3.18. The molecule has 3 aromatic rings. The summed E-state index contributed by atoms with van der Waals surface area (Å²) in [4.78, 5) is 16.4. The number of nitrogens with zero attached hydrogens (tertiary/aromatic N) is 1. The third-order valence-electron chi connectivity index (χ3n) is 3.39. The smallest absolute Gasteiger partial charge is 0.358 e. The van der Waals surface area contributed by atoms with E-state index >= 15 is 0 Å². The second-order valence-corrected chi connectivity index (χ2v) is 6.99. The number of aryl methyl sites for hydroxylation is 1. The van der Waals surface area contributed by atoms with Crippen LogP contribution in [0.1, 0.15) is 21.6 Å². The van der Waals surface area contributed by atoms with Crippen LogP contribution < -0.4 is 0 Å². The maximum atomic E-state index is 13.7. The molecular weight excluding hydrogens is 393 g/mol. The molecule has 1 heterocycles. The van der Waals surface area contributed by atoms with Gasteiger partial charge in [0.1, 0.15) is 17.4 Å². The molecule has 0 aliphatic carbocycles. The molecule has 0 saturated carbocycles. The van der Waals surface area contributed by atoms with Crippen LogP contribution in [-0.4, -0.2) is 11.0 Å². The molecular formula is C18H13BrFNO2S. The number of aromatic nitrogens is 1. The van der Waals surface area contributed by atoms with Gasteiger partial charge in [0.15, 0.2) is 5.69 Å². The van der Waals surface area contributed by atoms with Gasteiger partial charge in [0, 0.05) is 21.0 Å². The summed E-state index contributed by atoms with van der Waals surface area (Å²) in [5.41, 5.74) is 2.66. The number of ether oxygens (including phenoxy) is 1. The standard InChI is InChI=1S/C18H13BrFNO2S/c1-11-2-4-12(5-3-11)17-21-16(10-24-17)18(22)23-9-13-6-7-14(19)8-15(13)20/h2-8,10H,9H2,1H3. The Balaban J connectivity index is 1.68. The Morgan fingerprint density at radius 2 is 2.00 bits per heavy atom. The summed E-state index contributed by atoms with van der Waals surface area (Å²) in [5, 5.41) is 2.40. The molecule has 0 aliphatic rings. The Hall–Kier alpha value is -2.05. The van der Waals surface area contributed by atoms with Gasteiger partial charge < -0.3 is 4.74 Å². The maximum Gasteiger partial charge on any atom is 0.358 e. The minimum absolute atomic E-state index is 0.130. The van der Waals surface area contributed by atoms with Gasteiger partial charge in [0.2, 0.25) is 0 Å². The summed E-state index contributed by atoms with van der Waals surface area (Å²) >= 11 is 4.56. The van der Waals surface area contributed by atoms with Crippen LogP contribution in [0.4, 0.5) is 4.39 Å². The Kier molecular flexibility index (Phi) is 5.06. The highest BCUT2D eigenvalue weighted by molar-refractivity contribution is 9.10. The summed E-state index contributed by atoms with van der Waals surface area (Å²) in [6, 6.07) is 12.5. The highest BCUT2D eigenvalue weighted by atomic mass is 79.9. The van der Waals surface area contributed by atoms with Gasteiger partial charge in [-0.25, -0.2) is 14.2 Å². The van der Waals surface area contributed by atoms with Gasteiger partial charge in [-0.2, -0.15) is 0 Å². The highest BCUT2D eigenvalue weighted by Gasteiger charge is 2.14. The average Bonchev–Trinajstić information content (AvgIpc) is 3.04. The van der Waals surface area contributed by atoms with Gasteiger partial charge in [-0.3, -0.25) is 0 Å². The predicted octanol–water partition coefficient (Wildman–Crippen LogP) is 5.38. The normalized spacial score (nSPS) is 10.6. The van der Waals surface area contributed by atoms with Crippen molar-refractivity contribution >= 4 is 33.2 Å². The molecule has 0 fully saturated rings. The monoisotopic (exact) mass is 405 g/mol. The zero-order valence-corrected chi connectivity index (χ0v) is 15.2. The van der Waals surface area contributed by atoms with E-state index in [1.807, 2.05) is 31.2 Å². The van der Waals surface area contributed by atoms with Crippen molar-refractivity contribution in [1.82, 2.24) is 4.98 Å². The molecule has 24 heavy (non-hydrogen) atoms. The van der Waals surface area contributed by atoms with Gasteiger partial charge in [-0.1, -0.05) is 51.8 Å². The minimum atomic E-state index is -0.563. The number of hydrogen-bond acceptors (Lipinski definition) is 4. The molecule has 0 bridgehead atoms. The molecule has 0 atom stereocenters. The van der Waals surface area contributed by atoms with Crippen molar-refractivity contribution in [2.75, 3.05) is 0 Å². The largest absolute Gasteiger partial charge is 0.456 e. The number of carbonyl (C=O) groups excluding carboxylic acids is 1. The van der Waals surface area contributed by atoms with E-state index in [9.17, 15) is 9.18 Å². The number of benzene rings is 2. The molecule has 1 aromatic heterocycles. The second kappa shape index (κ2) is 7.23. The van der Waals surface area contributed by atoms with Gasteiger partial charge in [0.25, 0.3) is 0 Å². The molecule has 6 heteroatoms. The molecule has 3 nitrogen and oxygen atoms in total. The molecule has 3 rings (SSSR count). The first-order valence-corrected chi connectivity index (χ1v) is 8.84. The average molecular weight is 406 g/mol. The highest BCUT2D eigenvalue weighted by Crippen LogP contribution is 2.24. The van der Waals surface area contributed by atoms with Crippen LogP contribution in [-0.2, 0) is 11.3 Å². The van der Waals surface area contributed by atoms with Crippen LogP contribution in [0.5, 0.6) is 0 Å². The van der Waals surface area contributed by atoms with Gasteiger partial charge in [-0.05, 0) is 19.1 Å². The van der Waals surface area contributed by atoms with Crippen molar-refractivity contribution in [3.05, 3.63) is 75.0 Å². The first kappa shape index (κ1) is 16.8. The number of esters is 1. The number of thiazole rings is 1. The Bertz CT molecular complexity index is 877. The van der Waals surface area contributed by atoms with Crippen molar-refractivity contribution in [3.63, 3.8) is 0 Å². The lowest BCUT2D eigenvalue weighted by atomic mass is 10.2. The quantitative estimate of drug-likeness (QED) is 0.547. The molecule has 2 aromatic carbocycles. The summed E-state index contributed by atoms with van der Waals surface area (Å²) in [6.45, 7) is 1.88. The zero-order valence-electron chi connectivity index (χ0n) is 12.8. The van der Waals surface area contributed by atoms with E-state index in [4.69, 9.17) is 4.74 Å². The minimum Gasteiger partial charge on any atom is -0.456 e. The first-order valence-electron chi connectivity index (χ1n) is 7.16. The van der Waals surface area contributed by atoms with E-state index in [0.717, 1.165) is 16.1 Å². The van der Waals surface area contributed by atoms with Gasteiger partial charge in [-0.15, -0.1) is 11.3 Å².